The van der Waals surface area contributed by atoms with Crippen LogP contribution in [0.3, 0.4) is 0 Å². The molecule has 33 heavy (non-hydrogen) atoms. The van der Waals surface area contributed by atoms with Crippen molar-refractivity contribution >= 4 is 29.8 Å². The normalized spacial score (nSPS) is 12.1. The first kappa shape index (κ1) is 47.2. The summed E-state index contributed by atoms with van der Waals surface area (Å²) in [6, 6.07) is 0. The van der Waals surface area contributed by atoms with Crippen molar-refractivity contribution < 1.29 is 132 Å². The molecule has 3 unspecified atom stereocenters. The second-order valence-corrected chi connectivity index (χ2v) is 8.61. The van der Waals surface area contributed by atoms with Gasteiger partial charge in [0.1, 0.15) is 0 Å². The van der Waals surface area contributed by atoms with Crippen molar-refractivity contribution in [3.63, 3.8) is 0 Å². The number of rotatable bonds is 12. The fourth-order valence-corrected chi connectivity index (χ4v) is 2.33. The van der Waals surface area contributed by atoms with Gasteiger partial charge in [-0.15, -0.1) is 6.42 Å². The van der Waals surface area contributed by atoms with Gasteiger partial charge < -0.3 is 38.4 Å². The maximum atomic E-state index is 10.6. The summed E-state index contributed by atoms with van der Waals surface area (Å²) in [4.78, 5) is 51.3. The van der Waals surface area contributed by atoms with E-state index in [1.54, 1.807) is 13.8 Å². The number of carbonyl (C=O) groups is 4. The summed E-state index contributed by atoms with van der Waals surface area (Å²) in [5.74, 6) is -1.37. The smallest absolute Gasteiger partial charge is 0.303 e. The quantitative estimate of drug-likeness (QED) is 0.292. The van der Waals surface area contributed by atoms with Crippen LogP contribution in [0.5, 0.6) is 0 Å². The Kier molecular flexibility index (Phi) is 39.5. The minimum Gasteiger partial charge on any atom is -0.542 e. The molecule has 0 fully saturated rings. The first-order valence-electron chi connectivity index (χ1n) is 10.1. The van der Waals surface area contributed by atoms with E-state index in [1.807, 2.05) is 27.1 Å². The second-order valence-electron chi connectivity index (χ2n) is 8.61. The van der Waals surface area contributed by atoms with E-state index in [1.165, 1.54) is 0 Å². The van der Waals surface area contributed by atoms with Crippen LogP contribution in [0.15, 0.2) is 0 Å². The third-order valence-corrected chi connectivity index (χ3v) is 4.45. The number of carbonyl (C=O) groups excluding carboxylic acids is 3. The summed E-state index contributed by atoms with van der Waals surface area (Å²) in [6.07, 6.45) is 4.26. The Morgan fingerprint density at radius 3 is 1.48 bits per heavy atom. The van der Waals surface area contributed by atoms with Crippen molar-refractivity contribution in [3.05, 3.63) is 13.8 Å². The van der Waals surface area contributed by atoms with Crippen LogP contribution in [0.2, 0.25) is 0 Å². The van der Waals surface area contributed by atoms with E-state index >= 15 is 0 Å². The third-order valence-electron chi connectivity index (χ3n) is 4.45. The average Bonchev–Trinajstić information content (AvgIpc) is 2.52. The van der Waals surface area contributed by atoms with Gasteiger partial charge in [-0.1, -0.05) is 53.9 Å². The zero-order chi connectivity index (χ0) is 24.5. The topological polar surface area (TPSA) is 126 Å². The van der Waals surface area contributed by atoms with Gasteiger partial charge in [0.05, 0.1) is 6.42 Å². The van der Waals surface area contributed by atoms with E-state index < -0.39 is 17.4 Å². The molecule has 2 N–H and O–H groups in total. The molecule has 0 aromatic heterocycles. The molecule has 0 spiro atoms. The Bertz CT molecular complexity index is 514. The van der Waals surface area contributed by atoms with Crippen molar-refractivity contribution in [2.24, 2.45) is 23.2 Å². The zero-order valence-corrected chi connectivity index (χ0v) is 29.6. The third kappa shape index (κ3) is 40.5. The van der Waals surface area contributed by atoms with E-state index in [4.69, 9.17) is 10.2 Å². The van der Waals surface area contributed by atoms with Crippen LogP contribution in [0.4, 0.5) is 0 Å². The van der Waals surface area contributed by atoms with E-state index in [-0.39, 0.29) is 141 Å². The largest absolute Gasteiger partial charge is 0.542 e. The van der Waals surface area contributed by atoms with Gasteiger partial charge in [0.15, 0.2) is 0 Å². The minimum atomic E-state index is -0.878. The molecule has 7 nitrogen and oxygen atoms in total. The maximum absolute atomic E-state index is 10.6. The number of ketones is 2. The molecule has 0 aliphatic heterocycles. The molecule has 0 heterocycles. The van der Waals surface area contributed by atoms with Crippen molar-refractivity contribution in [2.45, 2.75) is 80.1 Å². The van der Waals surface area contributed by atoms with Crippen molar-refractivity contribution in [3.8, 4) is 0 Å². The minimum absolute atomic E-state index is 0. The van der Waals surface area contributed by atoms with Gasteiger partial charge in [-0.05, 0) is 41.7 Å². The van der Waals surface area contributed by atoms with Gasteiger partial charge in [-0.3, -0.25) is 15.9 Å². The van der Waals surface area contributed by atoms with Gasteiger partial charge in [-0.2, -0.15) is 0 Å². The Morgan fingerprint density at radius 2 is 1.24 bits per heavy atom. The van der Waals surface area contributed by atoms with Crippen LogP contribution in [0, 0.1) is 37.0 Å². The van der Waals surface area contributed by atoms with Crippen LogP contribution < -0.4 is 0 Å². The molecule has 0 aromatic carbocycles. The zero-order valence-electron chi connectivity index (χ0n) is 21.1. The van der Waals surface area contributed by atoms with E-state index in [9.17, 15) is 24.0 Å². The fourth-order valence-electron chi connectivity index (χ4n) is 2.33. The molecule has 0 amide bonds. The van der Waals surface area contributed by atoms with Gasteiger partial charge in [-0.25, -0.2) is 0 Å². The SMILES string of the molecule is CCC(C)C[C-]=O.[CH2-]C(=O)CC(C)(C)CC(=O)O.[CH2-]C(=O)CC(C)C(C)CC(=O)O.[Y].[Y].[Y]. The predicted molar refractivity (Wildman–Crippen MR) is 116 cm³/mol. The first-order chi connectivity index (χ1) is 13.6. The molecular weight excluding hydrogens is 655 g/mol. The van der Waals surface area contributed by atoms with Crippen molar-refractivity contribution in [1.29, 1.82) is 0 Å². The van der Waals surface area contributed by atoms with Gasteiger partial charge in [0.2, 0.25) is 0 Å². The molecule has 3 atom stereocenters. The molecule has 0 bridgehead atoms. The molecule has 0 saturated heterocycles. The molecule has 0 aliphatic carbocycles. The summed E-state index contributed by atoms with van der Waals surface area (Å²) in [6.45, 7) is 17.8. The number of hydrogen-bond acceptors (Lipinski definition) is 5. The molecule has 185 valence electrons. The second kappa shape index (κ2) is 27.6. The maximum Gasteiger partial charge on any atom is 0.303 e. The number of Topliss-reactive ketones (excluding diaryl/α,β-unsaturated/α-hetero) is 2. The Labute approximate surface area is 275 Å². The van der Waals surface area contributed by atoms with E-state index in [2.05, 4.69) is 20.8 Å². The van der Waals surface area contributed by atoms with Crippen molar-refractivity contribution in [2.75, 3.05) is 0 Å². The Morgan fingerprint density at radius 1 is 0.818 bits per heavy atom. The van der Waals surface area contributed by atoms with Crippen LogP contribution >= 0.6 is 0 Å². The predicted octanol–water partition coefficient (Wildman–Crippen LogP) is 4.33. The molecule has 0 saturated carbocycles. The van der Waals surface area contributed by atoms with Gasteiger partial charge in [0.25, 0.3) is 0 Å². The van der Waals surface area contributed by atoms with Crippen LogP contribution in [-0.2, 0) is 122 Å². The summed E-state index contributed by atoms with van der Waals surface area (Å²) in [5.41, 5.74) is -0.468. The van der Waals surface area contributed by atoms with Crippen LogP contribution in [-0.4, -0.2) is 40.0 Å². The number of hydrogen-bond donors (Lipinski definition) is 2. The number of aliphatic carboxylic acids is 2. The standard InChI is InChI=1S/C9H15O3.C8H13O3.C6H11O.3Y/c1-6(4-8(3)10)7(2)5-9(11)12;1-6(9)4-8(2,3)5-7(10)11;1-3-6(2)4-5-7;;;/h6-7H,3-5H2,1-2H3,(H,11,12);1,4-5H2,2-3H3,(H,10,11);6H,3-4H2,1-2H3;;;/q3*-1;;;. The average molecular weight is 694 g/mol. The van der Waals surface area contributed by atoms with Crippen molar-refractivity contribution in [1.82, 2.24) is 0 Å². The summed E-state index contributed by atoms with van der Waals surface area (Å²) >= 11 is 0. The summed E-state index contributed by atoms with van der Waals surface area (Å²) in [5, 5.41) is 16.9. The van der Waals surface area contributed by atoms with Gasteiger partial charge >= 0.3 is 11.9 Å². The molecule has 3 radical (unpaired) electrons. The molecular formula is C23H39O7Y3-3. The molecule has 0 rings (SSSR count). The van der Waals surface area contributed by atoms with Crippen LogP contribution in [0.1, 0.15) is 80.1 Å². The monoisotopic (exact) mass is 694 g/mol. The fraction of sp³-hybridized carbons (Fsp3) is 0.696. The van der Waals surface area contributed by atoms with Crippen LogP contribution in [0.25, 0.3) is 0 Å². The Balaban J connectivity index is -0.0000000816. The van der Waals surface area contributed by atoms with Gasteiger partial charge in [0, 0.05) is 105 Å². The number of carboxylic acid groups (broad SMARTS) is 2. The first-order valence-corrected chi connectivity index (χ1v) is 10.1. The molecule has 10 heteroatoms. The summed E-state index contributed by atoms with van der Waals surface area (Å²) in [7, 11) is 0. The molecule has 0 aromatic rings. The number of carboxylic acids is 2. The van der Waals surface area contributed by atoms with E-state index in [0.717, 1.165) is 6.42 Å². The van der Waals surface area contributed by atoms with E-state index in [0.29, 0.717) is 18.8 Å². The molecule has 0 aliphatic rings. The Hall–Kier alpha value is 1.00. The summed E-state index contributed by atoms with van der Waals surface area (Å²) < 4.78 is 0.